The first-order valence-electron chi connectivity index (χ1n) is 8.35. The number of esters is 1. The molecule has 1 amide bonds. The summed E-state index contributed by atoms with van der Waals surface area (Å²) in [6.45, 7) is 0.890. The summed E-state index contributed by atoms with van der Waals surface area (Å²) in [6.07, 6.45) is 0.663. The summed E-state index contributed by atoms with van der Waals surface area (Å²) in [4.78, 5) is 35.4. The van der Waals surface area contributed by atoms with Gasteiger partial charge in [-0.3, -0.25) is 9.59 Å². The summed E-state index contributed by atoms with van der Waals surface area (Å²) in [5.41, 5.74) is 1.74. The summed E-state index contributed by atoms with van der Waals surface area (Å²) >= 11 is 1.02. The summed E-state index contributed by atoms with van der Waals surface area (Å²) in [5.74, 6) is -0.673. The van der Waals surface area contributed by atoms with Crippen LogP contribution in [0.25, 0.3) is 0 Å². The number of aldehydes is 1. The van der Waals surface area contributed by atoms with E-state index >= 15 is 0 Å². The molecule has 0 unspecified atom stereocenters. The van der Waals surface area contributed by atoms with E-state index in [1.54, 1.807) is 25.1 Å². The van der Waals surface area contributed by atoms with Gasteiger partial charge < -0.3 is 19.5 Å². The lowest BCUT2D eigenvalue weighted by molar-refractivity contribution is -0.149. The zero-order chi connectivity index (χ0) is 21.2. The number of anilines is 1. The number of ether oxygens (including phenoxy) is 3. The minimum Gasteiger partial charge on any atom is -0.493 e. The van der Waals surface area contributed by atoms with Crippen LogP contribution in [-0.4, -0.2) is 38.5 Å². The Balaban J connectivity index is 1.83. The number of thiocyanates is 1. The Bertz CT molecular complexity index is 954. The van der Waals surface area contributed by atoms with Crippen LogP contribution in [-0.2, 0) is 14.3 Å². The SMILES string of the molecule is COc1cc(C=O)ccc1OCC(=O)OCC(=O)Nc1ccc(SC#N)cc1C. The number of aryl methyl sites for hydroxylation is 1. The van der Waals surface area contributed by atoms with Gasteiger partial charge in [-0.15, -0.1) is 0 Å². The first-order chi connectivity index (χ1) is 14.0. The van der Waals surface area contributed by atoms with Crippen LogP contribution < -0.4 is 14.8 Å². The minimum atomic E-state index is -0.737. The van der Waals surface area contributed by atoms with Crippen molar-refractivity contribution in [1.82, 2.24) is 0 Å². The standard InChI is InChI=1S/C20H18N2O6S/c1-13-7-15(29-12-21)4-5-16(13)22-19(24)10-28-20(25)11-27-17-6-3-14(9-23)8-18(17)26-2/h3-9H,10-11H2,1-2H3,(H,22,24). The van der Waals surface area contributed by atoms with Crippen molar-refractivity contribution in [3.05, 3.63) is 47.5 Å². The molecule has 0 aromatic heterocycles. The lowest BCUT2D eigenvalue weighted by Crippen LogP contribution is -2.24. The molecule has 0 radical (unpaired) electrons. The van der Waals surface area contributed by atoms with Crippen molar-refractivity contribution in [2.45, 2.75) is 11.8 Å². The van der Waals surface area contributed by atoms with Crippen molar-refractivity contribution in [3.8, 4) is 16.9 Å². The van der Waals surface area contributed by atoms with E-state index in [-0.39, 0.29) is 5.75 Å². The molecule has 0 aliphatic rings. The van der Waals surface area contributed by atoms with Gasteiger partial charge >= 0.3 is 5.97 Å². The van der Waals surface area contributed by atoms with Crippen LogP contribution in [0, 0.1) is 17.6 Å². The largest absolute Gasteiger partial charge is 0.493 e. The van der Waals surface area contributed by atoms with E-state index in [0.29, 0.717) is 23.3 Å². The van der Waals surface area contributed by atoms with Gasteiger partial charge in [-0.05, 0) is 60.6 Å². The van der Waals surface area contributed by atoms with Crippen LogP contribution in [0.3, 0.4) is 0 Å². The van der Waals surface area contributed by atoms with Crippen molar-refractivity contribution < 1.29 is 28.6 Å². The molecule has 1 N–H and O–H groups in total. The molecule has 0 heterocycles. The van der Waals surface area contributed by atoms with Gasteiger partial charge in [0.1, 0.15) is 11.7 Å². The summed E-state index contributed by atoms with van der Waals surface area (Å²) < 4.78 is 15.3. The molecule has 2 rings (SSSR count). The fourth-order valence-electron chi connectivity index (χ4n) is 2.28. The van der Waals surface area contributed by atoms with Gasteiger partial charge in [0, 0.05) is 16.1 Å². The molecule has 2 aromatic carbocycles. The molecule has 0 saturated heterocycles. The van der Waals surface area contributed by atoms with Crippen molar-refractivity contribution in [3.63, 3.8) is 0 Å². The summed E-state index contributed by atoms with van der Waals surface area (Å²) in [6, 6.07) is 9.65. The Morgan fingerprint density at radius 2 is 1.97 bits per heavy atom. The van der Waals surface area contributed by atoms with E-state index in [1.165, 1.54) is 25.3 Å². The maximum atomic E-state index is 12.0. The molecule has 29 heavy (non-hydrogen) atoms. The number of amides is 1. The van der Waals surface area contributed by atoms with E-state index < -0.39 is 25.1 Å². The van der Waals surface area contributed by atoms with E-state index in [0.717, 1.165) is 22.2 Å². The maximum Gasteiger partial charge on any atom is 0.344 e. The van der Waals surface area contributed by atoms with Crippen molar-refractivity contribution in [1.29, 1.82) is 5.26 Å². The highest BCUT2D eigenvalue weighted by Crippen LogP contribution is 2.27. The number of methoxy groups -OCH3 is 1. The topological polar surface area (TPSA) is 115 Å². The molecule has 8 nitrogen and oxygen atoms in total. The maximum absolute atomic E-state index is 12.0. The molecule has 0 atom stereocenters. The highest BCUT2D eigenvalue weighted by Gasteiger charge is 2.12. The fraction of sp³-hybridized carbons (Fsp3) is 0.200. The Hall–Kier alpha value is -3.51. The van der Waals surface area contributed by atoms with Crippen LogP contribution in [0.5, 0.6) is 11.5 Å². The van der Waals surface area contributed by atoms with Gasteiger partial charge in [0.05, 0.1) is 7.11 Å². The van der Waals surface area contributed by atoms with Crippen molar-refractivity contribution >= 4 is 35.6 Å². The number of carbonyl (C=O) groups is 3. The number of nitriles is 1. The zero-order valence-corrected chi connectivity index (χ0v) is 16.6. The normalized spacial score (nSPS) is 9.83. The molecular formula is C20H18N2O6S. The van der Waals surface area contributed by atoms with Crippen LogP contribution in [0.2, 0.25) is 0 Å². The Morgan fingerprint density at radius 3 is 2.62 bits per heavy atom. The lowest BCUT2D eigenvalue weighted by Gasteiger charge is -2.11. The average Bonchev–Trinajstić information content (AvgIpc) is 2.72. The van der Waals surface area contributed by atoms with Gasteiger partial charge in [0.2, 0.25) is 0 Å². The summed E-state index contributed by atoms with van der Waals surface area (Å²) in [5, 5.41) is 13.3. The number of benzene rings is 2. The Kier molecular flexibility index (Phi) is 8.06. The van der Waals surface area contributed by atoms with Gasteiger partial charge in [0.15, 0.2) is 24.7 Å². The molecular weight excluding hydrogens is 396 g/mol. The highest BCUT2D eigenvalue weighted by atomic mass is 32.2. The quantitative estimate of drug-likeness (QED) is 0.288. The van der Waals surface area contributed by atoms with Crippen LogP contribution in [0.15, 0.2) is 41.3 Å². The monoisotopic (exact) mass is 414 g/mol. The van der Waals surface area contributed by atoms with Gasteiger partial charge in [-0.1, -0.05) is 0 Å². The molecule has 0 fully saturated rings. The zero-order valence-electron chi connectivity index (χ0n) is 15.8. The lowest BCUT2D eigenvalue weighted by atomic mass is 10.2. The first-order valence-corrected chi connectivity index (χ1v) is 9.16. The molecule has 0 saturated carbocycles. The Labute approximate surface area is 171 Å². The van der Waals surface area contributed by atoms with Gasteiger partial charge in [-0.25, -0.2) is 4.79 Å². The number of nitrogens with one attached hydrogen (secondary N) is 1. The van der Waals surface area contributed by atoms with Gasteiger partial charge in [0.25, 0.3) is 5.91 Å². The average molecular weight is 414 g/mol. The van der Waals surface area contributed by atoms with Crippen LogP contribution in [0.1, 0.15) is 15.9 Å². The number of nitrogens with zero attached hydrogens (tertiary/aromatic N) is 1. The van der Waals surface area contributed by atoms with E-state index in [4.69, 9.17) is 19.5 Å². The number of thioether (sulfide) groups is 1. The third kappa shape index (κ3) is 6.55. The van der Waals surface area contributed by atoms with E-state index in [2.05, 4.69) is 5.32 Å². The predicted molar refractivity (Wildman–Crippen MR) is 106 cm³/mol. The van der Waals surface area contributed by atoms with Crippen LogP contribution >= 0.6 is 11.8 Å². The number of rotatable bonds is 9. The van der Waals surface area contributed by atoms with Crippen molar-refractivity contribution in [2.75, 3.05) is 25.6 Å². The van der Waals surface area contributed by atoms with E-state index in [9.17, 15) is 14.4 Å². The number of carbonyl (C=O) groups excluding carboxylic acids is 3. The van der Waals surface area contributed by atoms with E-state index in [1.807, 2.05) is 5.40 Å². The molecule has 2 aromatic rings. The molecule has 0 spiro atoms. The third-order valence-corrected chi connectivity index (χ3v) is 4.25. The number of hydrogen-bond donors (Lipinski definition) is 1. The first kappa shape index (κ1) is 21.8. The fourth-order valence-corrected chi connectivity index (χ4v) is 2.76. The number of hydrogen-bond acceptors (Lipinski definition) is 8. The molecule has 0 aliphatic heterocycles. The molecule has 9 heteroatoms. The van der Waals surface area contributed by atoms with Crippen LogP contribution in [0.4, 0.5) is 5.69 Å². The van der Waals surface area contributed by atoms with Gasteiger partial charge in [-0.2, -0.15) is 5.26 Å². The molecule has 150 valence electrons. The summed E-state index contributed by atoms with van der Waals surface area (Å²) in [7, 11) is 1.41. The molecule has 0 bridgehead atoms. The highest BCUT2D eigenvalue weighted by molar-refractivity contribution is 8.03. The predicted octanol–water partition coefficient (Wildman–Crippen LogP) is 2.95. The second-order valence-corrected chi connectivity index (χ2v) is 6.55. The second-order valence-electron chi connectivity index (χ2n) is 5.70. The Morgan fingerprint density at radius 1 is 1.17 bits per heavy atom. The second kappa shape index (κ2) is 10.7. The third-order valence-electron chi connectivity index (χ3n) is 3.67. The van der Waals surface area contributed by atoms with Crippen molar-refractivity contribution in [2.24, 2.45) is 0 Å². The smallest absolute Gasteiger partial charge is 0.344 e. The minimum absolute atomic E-state index is 0.269. The molecule has 0 aliphatic carbocycles.